The van der Waals surface area contributed by atoms with Crippen molar-refractivity contribution < 1.29 is 17.7 Å². The number of nitro benzene ring substituents is 1. The highest BCUT2D eigenvalue weighted by atomic mass is 35.7. The first-order valence-corrected chi connectivity index (χ1v) is 6.43. The van der Waals surface area contributed by atoms with Crippen LogP contribution < -0.4 is 0 Å². The van der Waals surface area contributed by atoms with Gasteiger partial charge in [-0.15, -0.1) is 5.92 Å². The van der Waals surface area contributed by atoms with Gasteiger partial charge in [0, 0.05) is 22.8 Å². The summed E-state index contributed by atoms with van der Waals surface area (Å²) in [5, 5.41) is 10.5. The van der Waals surface area contributed by atoms with Crippen molar-refractivity contribution in [3.8, 4) is 11.8 Å². The van der Waals surface area contributed by atoms with E-state index in [9.17, 15) is 22.9 Å². The van der Waals surface area contributed by atoms with Crippen LogP contribution in [0.25, 0.3) is 0 Å². The van der Waals surface area contributed by atoms with Crippen LogP contribution in [0.1, 0.15) is 12.5 Å². The van der Waals surface area contributed by atoms with Crippen LogP contribution in [0, 0.1) is 27.8 Å². The first-order chi connectivity index (χ1) is 7.77. The van der Waals surface area contributed by atoms with Gasteiger partial charge < -0.3 is 0 Å². The fourth-order valence-corrected chi connectivity index (χ4v) is 2.01. The van der Waals surface area contributed by atoms with Crippen LogP contribution in [0.4, 0.5) is 10.1 Å². The average Bonchev–Trinajstić information content (AvgIpc) is 2.19. The Hall–Kier alpha value is -1.65. The van der Waals surface area contributed by atoms with Crippen molar-refractivity contribution in [3.05, 3.63) is 33.6 Å². The number of halogens is 2. The number of rotatable bonds is 2. The maximum atomic E-state index is 13.6. The van der Waals surface area contributed by atoms with Gasteiger partial charge in [0.15, 0.2) is 5.82 Å². The van der Waals surface area contributed by atoms with Crippen LogP contribution >= 0.6 is 10.7 Å². The van der Waals surface area contributed by atoms with E-state index in [2.05, 4.69) is 11.8 Å². The summed E-state index contributed by atoms with van der Waals surface area (Å²) in [4.78, 5) is 8.74. The lowest BCUT2D eigenvalue weighted by Gasteiger charge is -2.01. The van der Waals surface area contributed by atoms with Crippen molar-refractivity contribution in [2.75, 3.05) is 0 Å². The summed E-state index contributed by atoms with van der Waals surface area (Å²) in [7, 11) is 0.569. The van der Waals surface area contributed by atoms with Crippen molar-refractivity contribution in [2.45, 2.75) is 11.8 Å². The van der Waals surface area contributed by atoms with E-state index in [1.807, 2.05) is 0 Å². The third-order valence-corrected chi connectivity index (χ3v) is 3.08. The first-order valence-electron chi connectivity index (χ1n) is 4.12. The van der Waals surface area contributed by atoms with E-state index in [1.54, 1.807) is 0 Å². The Morgan fingerprint density at radius 1 is 1.47 bits per heavy atom. The molecule has 0 aliphatic heterocycles. The number of nitrogens with zero attached hydrogens (tertiary/aromatic N) is 1. The molecule has 0 unspecified atom stereocenters. The van der Waals surface area contributed by atoms with Crippen LogP contribution in [-0.2, 0) is 9.05 Å². The number of hydrogen-bond donors (Lipinski definition) is 0. The van der Waals surface area contributed by atoms with Crippen molar-refractivity contribution in [1.82, 2.24) is 0 Å². The average molecular weight is 278 g/mol. The number of benzene rings is 1. The highest BCUT2D eigenvalue weighted by Crippen LogP contribution is 2.26. The molecule has 0 spiro atoms. The largest absolute Gasteiger partial charge is 0.272 e. The summed E-state index contributed by atoms with van der Waals surface area (Å²) in [6.07, 6.45) is 0. The highest BCUT2D eigenvalue weighted by Gasteiger charge is 2.23. The topological polar surface area (TPSA) is 77.3 Å². The SMILES string of the molecule is CC#Cc1cc([N+](=O)[O-])cc(S(=O)(=O)Cl)c1F. The maximum absolute atomic E-state index is 13.6. The lowest BCUT2D eigenvalue weighted by Crippen LogP contribution is -2.01. The van der Waals surface area contributed by atoms with Crippen molar-refractivity contribution in [3.63, 3.8) is 0 Å². The monoisotopic (exact) mass is 277 g/mol. The van der Waals surface area contributed by atoms with Crippen molar-refractivity contribution in [2.24, 2.45) is 0 Å². The van der Waals surface area contributed by atoms with Gasteiger partial charge in [-0.2, -0.15) is 0 Å². The molecular formula is C9H5ClFNO4S. The molecule has 90 valence electrons. The fourth-order valence-electron chi connectivity index (χ4n) is 1.09. The zero-order valence-electron chi connectivity index (χ0n) is 8.40. The normalized spacial score (nSPS) is 10.5. The Kier molecular flexibility index (Phi) is 3.70. The van der Waals surface area contributed by atoms with Gasteiger partial charge in [-0.1, -0.05) is 5.92 Å². The molecule has 1 aromatic carbocycles. The molecule has 5 nitrogen and oxygen atoms in total. The zero-order chi connectivity index (χ0) is 13.2. The second-order valence-electron chi connectivity index (χ2n) is 2.88. The quantitative estimate of drug-likeness (QED) is 0.359. The maximum Gasteiger partial charge on any atom is 0.272 e. The van der Waals surface area contributed by atoms with E-state index < -0.39 is 30.4 Å². The summed E-state index contributed by atoms with van der Waals surface area (Å²) >= 11 is 0. The smallest absolute Gasteiger partial charge is 0.258 e. The minimum atomic E-state index is -4.41. The molecule has 0 aromatic heterocycles. The highest BCUT2D eigenvalue weighted by molar-refractivity contribution is 8.13. The van der Waals surface area contributed by atoms with E-state index in [4.69, 9.17) is 10.7 Å². The molecular weight excluding hydrogens is 273 g/mol. The molecule has 0 saturated heterocycles. The standard InChI is InChI=1S/C9H5ClFNO4S/c1-2-3-6-4-7(12(13)14)5-8(9(6)11)17(10,15)16/h4-5H,1H3. The second-order valence-corrected chi connectivity index (χ2v) is 5.41. The van der Waals surface area contributed by atoms with Crippen LogP contribution in [0.2, 0.25) is 0 Å². The minimum absolute atomic E-state index is 0.388. The van der Waals surface area contributed by atoms with E-state index in [-0.39, 0.29) is 5.56 Å². The summed E-state index contributed by atoms with van der Waals surface area (Å²) in [5.41, 5.74) is -0.982. The Labute approximate surface area is 101 Å². The summed E-state index contributed by atoms with van der Waals surface area (Å²) in [6, 6.07) is 1.40. The number of nitro groups is 1. The molecule has 0 fully saturated rings. The Morgan fingerprint density at radius 3 is 2.47 bits per heavy atom. The van der Waals surface area contributed by atoms with E-state index in [1.165, 1.54) is 6.92 Å². The first kappa shape index (κ1) is 13.4. The summed E-state index contributed by atoms with van der Waals surface area (Å²) in [6.45, 7) is 1.38. The van der Waals surface area contributed by atoms with Crippen LogP contribution in [0.5, 0.6) is 0 Å². The van der Waals surface area contributed by atoms with Crippen molar-refractivity contribution in [1.29, 1.82) is 0 Å². The van der Waals surface area contributed by atoms with Gasteiger partial charge in [-0.25, -0.2) is 12.8 Å². The predicted molar refractivity (Wildman–Crippen MR) is 58.6 cm³/mol. The fraction of sp³-hybridized carbons (Fsp3) is 0.111. The molecule has 0 radical (unpaired) electrons. The molecule has 0 aliphatic carbocycles. The van der Waals surface area contributed by atoms with Crippen LogP contribution in [0.3, 0.4) is 0 Å². The molecule has 0 aliphatic rings. The molecule has 0 atom stereocenters. The third kappa shape index (κ3) is 2.93. The minimum Gasteiger partial charge on any atom is -0.258 e. The summed E-state index contributed by atoms with van der Waals surface area (Å²) in [5.74, 6) is 3.36. The molecule has 0 amide bonds. The Morgan fingerprint density at radius 2 is 2.06 bits per heavy atom. The molecule has 0 N–H and O–H groups in total. The molecule has 0 bridgehead atoms. The van der Waals surface area contributed by atoms with Gasteiger partial charge in [0.1, 0.15) is 4.90 Å². The number of hydrogen-bond acceptors (Lipinski definition) is 4. The van der Waals surface area contributed by atoms with Gasteiger partial charge in [-0.05, 0) is 6.92 Å². The molecule has 0 saturated carbocycles. The van der Waals surface area contributed by atoms with E-state index >= 15 is 0 Å². The lowest BCUT2D eigenvalue weighted by molar-refractivity contribution is -0.385. The molecule has 0 heterocycles. The van der Waals surface area contributed by atoms with Gasteiger partial charge in [-0.3, -0.25) is 10.1 Å². The third-order valence-electron chi connectivity index (χ3n) is 1.76. The summed E-state index contributed by atoms with van der Waals surface area (Å²) < 4.78 is 35.7. The van der Waals surface area contributed by atoms with Gasteiger partial charge in [0.05, 0.1) is 10.5 Å². The molecule has 1 rings (SSSR count). The van der Waals surface area contributed by atoms with Crippen LogP contribution in [-0.4, -0.2) is 13.3 Å². The van der Waals surface area contributed by atoms with Crippen molar-refractivity contribution >= 4 is 25.4 Å². The van der Waals surface area contributed by atoms with Gasteiger partial charge in [0.25, 0.3) is 14.7 Å². The Bertz CT molecular complexity index is 645. The Balaban J connectivity index is 3.70. The molecule has 8 heteroatoms. The van der Waals surface area contributed by atoms with E-state index in [0.29, 0.717) is 6.07 Å². The van der Waals surface area contributed by atoms with E-state index in [0.717, 1.165) is 6.07 Å². The lowest BCUT2D eigenvalue weighted by atomic mass is 10.2. The van der Waals surface area contributed by atoms with Crippen LogP contribution in [0.15, 0.2) is 17.0 Å². The molecule has 1 aromatic rings. The predicted octanol–water partition coefficient (Wildman–Crippen LogP) is 2.03. The molecule has 17 heavy (non-hydrogen) atoms. The second kappa shape index (κ2) is 4.69. The van der Waals surface area contributed by atoms with Gasteiger partial charge >= 0.3 is 0 Å². The zero-order valence-corrected chi connectivity index (χ0v) is 9.97. The number of non-ortho nitro benzene ring substituents is 1. The van der Waals surface area contributed by atoms with Gasteiger partial charge in [0.2, 0.25) is 0 Å².